The third-order valence-electron chi connectivity index (χ3n) is 3.67. The molecule has 4 heteroatoms. The number of anilines is 1. The molecule has 0 fully saturated rings. The fraction of sp³-hybridized carbons (Fsp3) is 0.200. The highest BCUT2D eigenvalue weighted by Gasteiger charge is 2.02. The van der Waals surface area contributed by atoms with E-state index in [1.54, 1.807) is 37.4 Å². The molecule has 0 atom stereocenters. The molecule has 0 saturated carbocycles. The smallest absolute Gasteiger partial charge is 0.251 e. The number of amides is 2. The molecule has 2 N–H and O–H groups in total. The van der Waals surface area contributed by atoms with E-state index in [2.05, 4.69) is 24.5 Å². The summed E-state index contributed by atoms with van der Waals surface area (Å²) in [5, 5.41) is 5.40. The highest BCUT2D eigenvalue weighted by molar-refractivity contribution is 6.02. The fourth-order valence-electron chi connectivity index (χ4n) is 2.20. The predicted octanol–water partition coefficient (Wildman–Crippen LogP) is 3.82. The average molecular weight is 322 g/mol. The van der Waals surface area contributed by atoms with Gasteiger partial charge in [-0.2, -0.15) is 0 Å². The lowest BCUT2D eigenvalue weighted by atomic mass is 10.0. The molecule has 0 aliphatic heterocycles. The van der Waals surface area contributed by atoms with E-state index < -0.39 is 0 Å². The van der Waals surface area contributed by atoms with E-state index in [1.807, 2.05) is 24.3 Å². The zero-order chi connectivity index (χ0) is 17.5. The first kappa shape index (κ1) is 17.5. The van der Waals surface area contributed by atoms with Gasteiger partial charge in [-0.15, -0.1) is 0 Å². The molecule has 2 amide bonds. The van der Waals surface area contributed by atoms with Crippen molar-refractivity contribution < 1.29 is 9.59 Å². The van der Waals surface area contributed by atoms with E-state index in [0.717, 1.165) is 11.3 Å². The molecule has 0 heterocycles. The number of rotatable bonds is 5. The van der Waals surface area contributed by atoms with E-state index in [4.69, 9.17) is 0 Å². The Morgan fingerprint density at radius 3 is 2.12 bits per heavy atom. The van der Waals surface area contributed by atoms with Crippen LogP contribution in [0.2, 0.25) is 0 Å². The topological polar surface area (TPSA) is 58.2 Å². The van der Waals surface area contributed by atoms with Crippen LogP contribution in [0.5, 0.6) is 0 Å². The molecule has 2 rings (SSSR count). The van der Waals surface area contributed by atoms with Gasteiger partial charge in [-0.1, -0.05) is 38.1 Å². The van der Waals surface area contributed by atoms with Gasteiger partial charge in [0.15, 0.2) is 0 Å². The van der Waals surface area contributed by atoms with Crippen LogP contribution in [0.15, 0.2) is 54.6 Å². The Labute approximate surface area is 142 Å². The minimum atomic E-state index is -0.192. The third-order valence-corrected chi connectivity index (χ3v) is 3.67. The molecule has 4 nitrogen and oxygen atoms in total. The quantitative estimate of drug-likeness (QED) is 0.822. The van der Waals surface area contributed by atoms with Gasteiger partial charge in [0, 0.05) is 24.4 Å². The van der Waals surface area contributed by atoms with Crippen LogP contribution in [0.4, 0.5) is 5.69 Å². The van der Waals surface area contributed by atoms with Crippen LogP contribution < -0.4 is 10.6 Å². The SMILES string of the molecule is CNC(=O)c1ccc(/C=C/C(=O)Nc2ccc(C(C)C)cc2)cc1. The summed E-state index contributed by atoms with van der Waals surface area (Å²) < 4.78 is 0. The summed E-state index contributed by atoms with van der Waals surface area (Å²) in [6.07, 6.45) is 3.19. The Kier molecular flexibility index (Phi) is 5.90. The maximum atomic E-state index is 12.0. The van der Waals surface area contributed by atoms with Crippen molar-refractivity contribution in [1.82, 2.24) is 5.32 Å². The predicted molar refractivity (Wildman–Crippen MR) is 98.0 cm³/mol. The van der Waals surface area contributed by atoms with Crippen LogP contribution in [0, 0.1) is 0 Å². The van der Waals surface area contributed by atoms with Gasteiger partial charge in [0.25, 0.3) is 5.91 Å². The zero-order valence-corrected chi connectivity index (χ0v) is 14.2. The molecule has 0 aromatic heterocycles. The van der Waals surface area contributed by atoms with E-state index in [1.165, 1.54) is 11.6 Å². The zero-order valence-electron chi connectivity index (χ0n) is 14.2. The van der Waals surface area contributed by atoms with Gasteiger partial charge in [-0.25, -0.2) is 0 Å². The summed E-state index contributed by atoms with van der Waals surface area (Å²) in [4.78, 5) is 23.4. The highest BCUT2D eigenvalue weighted by atomic mass is 16.2. The number of hydrogen-bond acceptors (Lipinski definition) is 2. The van der Waals surface area contributed by atoms with Gasteiger partial charge < -0.3 is 10.6 Å². The molecule has 0 aliphatic rings. The molecule has 0 unspecified atom stereocenters. The van der Waals surface area contributed by atoms with E-state index >= 15 is 0 Å². The third kappa shape index (κ3) is 4.81. The normalized spacial score (nSPS) is 10.8. The molecule has 124 valence electrons. The Morgan fingerprint density at radius 1 is 0.958 bits per heavy atom. The summed E-state index contributed by atoms with van der Waals surface area (Å²) in [5.74, 6) is 0.142. The Morgan fingerprint density at radius 2 is 1.58 bits per heavy atom. The molecule has 2 aromatic carbocycles. The van der Waals surface area contributed by atoms with Crippen LogP contribution in [-0.2, 0) is 4.79 Å². The largest absolute Gasteiger partial charge is 0.355 e. The molecule has 0 bridgehead atoms. The second kappa shape index (κ2) is 8.11. The summed E-state index contributed by atoms with van der Waals surface area (Å²) in [5.41, 5.74) is 3.45. The Bertz CT molecular complexity index is 729. The highest BCUT2D eigenvalue weighted by Crippen LogP contribution is 2.17. The Balaban J connectivity index is 1.96. The molecular formula is C20H22N2O2. The molecule has 0 spiro atoms. The standard InChI is InChI=1S/C20H22N2O2/c1-14(2)16-9-11-18(12-10-16)22-19(23)13-6-15-4-7-17(8-5-15)20(24)21-3/h4-14H,1-3H3,(H,21,24)(H,22,23)/b13-6+. The van der Waals surface area contributed by atoms with Crippen LogP contribution in [0.25, 0.3) is 6.08 Å². The summed E-state index contributed by atoms with van der Waals surface area (Å²) in [6.45, 7) is 4.26. The number of nitrogens with one attached hydrogen (secondary N) is 2. The van der Waals surface area contributed by atoms with Crippen molar-refractivity contribution in [1.29, 1.82) is 0 Å². The van der Waals surface area contributed by atoms with Crippen molar-refractivity contribution in [2.75, 3.05) is 12.4 Å². The first-order valence-corrected chi connectivity index (χ1v) is 7.91. The summed E-state index contributed by atoms with van der Waals surface area (Å²) in [7, 11) is 1.59. The van der Waals surface area contributed by atoms with Gasteiger partial charge in [0.2, 0.25) is 5.91 Å². The van der Waals surface area contributed by atoms with Crippen molar-refractivity contribution in [3.63, 3.8) is 0 Å². The van der Waals surface area contributed by atoms with Crippen molar-refractivity contribution in [3.8, 4) is 0 Å². The second-order valence-corrected chi connectivity index (χ2v) is 5.80. The van der Waals surface area contributed by atoms with Gasteiger partial charge in [-0.3, -0.25) is 9.59 Å². The van der Waals surface area contributed by atoms with Gasteiger partial charge >= 0.3 is 0 Å². The minimum Gasteiger partial charge on any atom is -0.355 e. The lowest BCUT2D eigenvalue weighted by Crippen LogP contribution is -2.17. The van der Waals surface area contributed by atoms with Crippen LogP contribution >= 0.6 is 0 Å². The average Bonchev–Trinajstić information content (AvgIpc) is 2.60. The lowest BCUT2D eigenvalue weighted by Gasteiger charge is -2.07. The molecule has 0 saturated heterocycles. The maximum Gasteiger partial charge on any atom is 0.251 e. The first-order valence-electron chi connectivity index (χ1n) is 7.91. The number of benzene rings is 2. The molecule has 0 aliphatic carbocycles. The Hall–Kier alpha value is -2.88. The van der Waals surface area contributed by atoms with Gasteiger partial charge in [0.1, 0.15) is 0 Å². The van der Waals surface area contributed by atoms with Crippen LogP contribution in [0.3, 0.4) is 0 Å². The lowest BCUT2D eigenvalue weighted by molar-refractivity contribution is -0.111. The van der Waals surface area contributed by atoms with Crippen molar-refractivity contribution in [3.05, 3.63) is 71.3 Å². The molecule has 2 aromatic rings. The van der Waals surface area contributed by atoms with Gasteiger partial charge in [0.05, 0.1) is 0 Å². The van der Waals surface area contributed by atoms with E-state index in [9.17, 15) is 9.59 Å². The molecule has 0 radical (unpaired) electrons. The molecular weight excluding hydrogens is 300 g/mol. The van der Waals surface area contributed by atoms with Crippen molar-refractivity contribution >= 4 is 23.6 Å². The maximum absolute atomic E-state index is 12.0. The minimum absolute atomic E-state index is 0.131. The van der Waals surface area contributed by atoms with E-state index in [-0.39, 0.29) is 11.8 Å². The van der Waals surface area contributed by atoms with Gasteiger partial charge in [-0.05, 0) is 47.4 Å². The first-order chi connectivity index (χ1) is 11.5. The molecule has 24 heavy (non-hydrogen) atoms. The number of hydrogen-bond donors (Lipinski definition) is 2. The monoisotopic (exact) mass is 322 g/mol. The van der Waals surface area contributed by atoms with Crippen molar-refractivity contribution in [2.24, 2.45) is 0 Å². The number of carbonyl (C=O) groups excluding carboxylic acids is 2. The van der Waals surface area contributed by atoms with Crippen molar-refractivity contribution in [2.45, 2.75) is 19.8 Å². The summed E-state index contributed by atoms with van der Waals surface area (Å²) >= 11 is 0. The second-order valence-electron chi connectivity index (χ2n) is 5.80. The van der Waals surface area contributed by atoms with Crippen LogP contribution in [0.1, 0.15) is 41.3 Å². The van der Waals surface area contributed by atoms with E-state index in [0.29, 0.717) is 11.5 Å². The summed E-state index contributed by atoms with van der Waals surface area (Å²) in [6, 6.07) is 14.9. The van der Waals surface area contributed by atoms with Crippen LogP contribution in [-0.4, -0.2) is 18.9 Å². The number of carbonyl (C=O) groups is 2. The fourth-order valence-corrected chi connectivity index (χ4v) is 2.20.